The molecule has 1 aliphatic carbocycles. The fraction of sp³-hybridized carbons (Fsp3) is 0.438. The highest BCUT2D eigenvalue weighted by Crippen LogP contribution is 2.39. The second-order valence-electron chi connectivity index (χ2n) is 5.60. The van der Waals surface area contributed by atoms with Crippen molar-refractivity contribution in [2.24, 2.45) is 5.73 Å². The summed E-state index contributed by atoms with van der Waals surface area (Å²) in [5.74, 6) is 0. The zero-order chi connectivity index (χ0) is 13.1. The third-order valence-corrected chi connectivity index (χ3v) is 4.38. The van der Waals surface area contributed by atoms with Crippen molar-refractivity contribution in [3.63, 3.8) is 0 Å². The number of nitrogens with zero attached hydrogens (tertiary/aromatic N) is 2. The minimum Gasteiger partial charge on any atom is -0.330 e. The number of benzene rings is 1. The second kappa shape index (κ2) is 5.17. The lowest BCUT2D eigenvalue weighted by atomic mass is 9.81. The first-order valence-corrected chi connectivity index (χ1v) is 7.09. The van der Waals surface area contributed by atoms with Crippen LogP contribution in [0.25, 0.3) is 0 Å². The van der Waals surface area contributed by atoms with Crippen LogP contribution >= 0.6 is 0 Å². The summed E-state index contributed by atoms with van der Waals surface area (Å²) < 4.78 is 2.03. The van der Waals surface area contributed by atoms with Gasteiger partial charge >= 0.3 is 0 Å². The Hall–Kier alpha value is -1.61. The van der Waals surface area contributed by atoms with E-state index in [1.54, 1.807) is 0 Å². The van der Waals surface area contributed by atoms with Gasteiger partial charge in [0.25, 0.3) is 0 Å². The van der Waals surface area contributed by atoms with Crippen LogP contribution in [-0.4, -0.2) is 16.3 Å². The molecular weight excluding hydrogens is 234 g/mol. The van der Waals surface area contributed by atoms with Gasteiger partial charge in [-0.15, -0.1) is 0 Å². The Kier molecular flexibility index (Phi) is 3.38. The molecule has 3 heteroatoms. The largest absolute Gasteiger partial charge is 0.330 e. The lowest BCUT2D eigenvalue weighted by Gasteiger charge is -2.25. The molecule has 0 aliphatic heterocycles. The van der Waals surface area contributed by atoms with Crippen molar-refractivity contribution in [1.82, 2.24) is 9.78 Å². The van der Waals surface area contributed by atoms with Crippen molar-refractivity contribution in [3.05, 3.63) is 53.9 Å². The molecule has 2 aromatic rings. The van der Waals surface area contributed by atoms with Crippen LogP contribution in [0.1, 0.15) is 36.8 Å². The van der Waals surface area contributed by atoms with Crippen LogP contribution < -0.4 is 5.73 Å². The molecule has 0 radical (unpaired) electrons. The fourth-order valence-corrected chi connectivity index (χ4v) is 3.16. The van der Waals surface area contributed by atoms with Gasteiger partial charge in [0, 0.05) is 18.2 Å². The minimum atomic E-state index is 0.189. The Balaban J connectivity index is 1.79. The molecule has 2 N–H and O–H groups in total. The molecule has 0 atom stereocenters. The number of aromatic nitrogens is 2. The van der Waals surface area contributed by atoms with E-state index in [9.17, 15) is 0 Å². The number of nitrogens with two attached hydrogens (primary N) is 1. The van der Waals surface area contributed by atoms with Gasteiger partial charge in [-0.1, -0.05) is 43.2 Å². The van der Waals surface area contributed by atoms with E-state index in [1.165, 1.54) is 36.8 Å². The summed E-state index contributed by atoms with van der Waals surface area (Å²) in [6.45, 7) is 1.57. The summed E-state index contributed by atoms with van der Waals surface area (Å²) >= 11 is 0. The van der Waals surface area contributed by atoms with Crippen molar-refractivity contribution < 1.29 is 0 Å². The highest BCUT2D eigenvalue weighted by molar-refractivity contribution is 5.23. The second-order valence-corrected chi connectivity index (χ2v) is 5.60. The molecule has 1 aromatic heterocycles. The predicted octanol–water partition coefficient (Wildman–Crippen LogP) is 2.70. The number of hydrogen-bond acceptors (Lipinski definition) is 2. The smallest absolute Gasteiger partial charge is 0.0659 e. The quantitative estimate of drug-likeness (QED) is 0.913. The molecule has 0 saturated heterocycles. The van der Waals surface area contributed by atoms with Gasteiger partial charge in [-0.05, 0) is 24.0 Å². The van der Waals surface area contributed by atoms with Crippen LogP contribution in [0.15, 0.2) is 42.7 Å². The first kappa shape index (κ1) is 12.4. The van der Waals surface area contributed by atoms with Crippen molar-refractivity contribution in [3.8, 4) is 0 Å². The van der Waals surface area contributed by atoms with Gasteiger partial charge < -0.3 is 5.73 Å². The molecule has 0 amide bonds. The minimum absolute atomic E-state index is 0.189. The van der Waals surface area contributed by atoms with Crippen molar-refractivity contribution in [2.45, 2.75) is 37.6 Å². The first-order chi connectivity index (χ1) is 9.32. The van der Waals surface area contributed by atoms with E-state index in [0.717, 1.165) is 13.1 Å². The van der Waals surface area contributed by atoms with Gasteiger partial charge in [0.2, 0.25) is 0 Å². The van der Waals surface area contributed by atoms with E-state index < -0.39 is 0 Å². The maximum atomic E-state index is 6.03. The average molecular weight is 255 g/mol. The molecule has 1 fully saturated rings. The fourth-order valence-electron chi connectivity index (χ4n) is 3.16. The van der Waals surface area contributed by atoms with E-state index in [4.69, 9.17) is 5.73 Å². The first-order valence-electron chi connectivity index (χ1n) is 7.09. The third kappa shape index (κ3) is 2.43. The molecule has 100 valence electrons. The Labute approximate surface area is 114 Å². The average Bonchev–Trinajstić information content (AvgIpc) is 3.09. The Bertz CT molecular complexity index is 524. The molecule has 19 heavy (non-hydrogen) atoms. The van der Waals surface area contributed by atoms with Gasteiger partial charge in [0.1, 0.15) is 0 Å². The summed E-state index contributed by atoms with van der Waals surface area (Å²) in [5, 5.41) is 4.51. The molecule has 0 unspecified atom stereocenters. The summed E-state index contributed by atoms with van der Waals surface area (Å²) in [6.07, 6.45) is 9.20. The number of rotatable bonds is 4. The molecule has 0 bridgehead atoms. The van der Waals surface area contributed by atoms with Gasteiger partial charge in [-0.3, -0.25) is 4.68 Å². The van der Waals surface area contributed by atoms with Gasteiger partial charge in [0.05, 0.1) is 12.7 Å². The van der Waals surface area contributed by atoms with Gasteiger partial charge in [-0.25, -0.2) is 0 Å². The maximum absolute atomic E-state index is 6.03. The highest BCUT2D eigenvalue weighted by Gasteiger charge is 2.35. The predicted molar refractivity (Wildman–Crippen MR) is 77.0 cm³/mol. The highest BCUT2D eigenvalue weighted by atomic mass is 15.3. The van der Waals surface area contributed by atoms with Gasteiger partial charge in [0.15, 0.2) is 0 Å². The van der Waals surface area contributed by atoms with E-state index in [1.807, 2.05) is 16.9 Å². The van der Waals surface area contributed by atoms with Crippen molar-refractivity contribution in [1.29, 1.82) is 0 Å². The lowest BCUT2D eigenvalue weighted by molar-refractivity contribution is 0.452. The summed E-state index contributed by atoms with van der Waals surface area (Å²) in [5.41, 5.74) is 8.82. The molecule has 1 aromatic carbocycles. The molecule has 0 spiro atoms. The van der Waals surface area contributed by atoms with E-state index in [0.29, 0.717) is 0 Å². The Morgan fingerprint density at radius 2 is 1.89 bits per heavy atom. The zero-order valence-electron chi connectivity index (χ0n) is 11.3. The Morgan fingerprint density at radius 1 is 1.16 bits per heavy atom. The van der Waals surface area contributed by atoms with Crippen LogP contribution in [0.3, 0.4) is 0 Å². The van der Waals surface area contributed by atoms with Crippen LogP contribution in [0.2, 0.25) is 0 Å². The summed E-state index contributed by atoms with van der Waals surface area (Å²) in [6, 6.07) is 10.4. The van der Waals surface area contributed by atoms with E-state index in [2.05, 4.69) is 35.6 Å². The van der Waals surface area contributed by atoms with E-state index >= 15 is 0 Å². The monoisotopic (exact) mass is 255 g/mol. The number of hydrogen-bond donors (Lipinski definition) is 1. The van der Waals surface area contributed by atoms with Crippen LogP contribution in [-0.2, 0) is 12.0 Å². The normalized spacial score (nSPS) is 17.7. The van der Waals surface area contributed by atoms with Crippen molar-refractivity contribution in [2.75, 3.05) is 6.54 Å². The van der Waals surface area contributed by atoms with Gasteiger partial charge in [-0.2, -0.15) is 5.10 Å². The van der Waals surface area contributed by atoms with Crippen LogP contribution in [0, 0.1) is 0 Å². The standard InChI is InChI=1S/C16H21N3/c17-13-16(8-4-5-9-16)15-10-18-19(12-15)11-14-6-2-1-3-7-14/h1-3,6-7,10,12H,4-5,8-9,11,13,17H2. The lowest BCUT2D eigenvalue weighted by Crippen LogP contribution is -2.31. The molecule has 3 nitrogen and oxygen atoms in total. The molecule has 1 saturated carbocycles. The Morgan fingerprint density at radius 3 is 2.58 bits per heavy atom. The van der Waals surface area contributed by atoms with Crippen LogP contribution in [0.5, 0.6) is 0 Å². The maximum Gasteiger partial charge on any atom is 0.0659 e. The summed E-state index contributed by atoms with van der Waals surface area (Å²) in [4.78, 5) is 0. The topological polar surface area (TPSA) is 43.8 Å². The third-order valence-electron chi connectivity index (χ3n) is 4.38. The zero-order valence-corrected chi connectivity index (χ0v) is 11.3. The van der Waals surface area contributed by atoms with E-state index in [-0.39, 0.29) is 5.41 Å². The van der Waals surface area contributed by atoms with Crippen LogP contribution in [0.4, 0.5) is 0 Å². The molecule has 3 rings (SSSR count). The molecule has 1 aliphatic rings. The van der Waals surface area contributed by atoms with Crippen molar-refractivity contribution >= 4 is 0 Å². The molecule has 1 heterocycles. The molecular formula is C16H21N3. The SMILES string of the molecule is NCC1(c2cnn(Cc3ccccc3)c2)CCCC1. The summed E-state index contributed by atoms with van der Waals surface area (Å²) in [7, 11) is 0.